The molecular formula is C15H13FO2. The van der Waals surface area contributed by atoms with Crippen molar-refractivity contribution >= 4 is 11.9 Å². The van der Waals surface area contributed by atoms with Crippen molar-refractivity contribution in [2.24, 2.45) is 0 Å². The van der Waals surface area contributed by atoms with Crippen LogP contribution in [0.4, 0.5) is 4.39 Å². The molecule has 0 amide bonds. The number of furan rings is 1. The summed E-state index contributed by atoms with van der Waals surface area (Å²) in [4.78, 5) is 11.9. The van der Waals surface area contributed by atoms with E-state index in [1.807, 2.05) is 0 Å². The molecule has 0 saturated carbocycles. The number of allylic oxidation sites excluding steroid dienone is 1. The molecule has 92 valence electrons. The quantitative estimate of drug-likeness (QED) is 0.605. The molecule has 0 N–H and O–H groups in total. The summed E-state index contributed by atoms with van der Waals surface area (Å²) in [5.74, 6) is 0.736. The van der Waals surface area contributed by atoms with Gasteiger partial charge in [-0.05, 0) is 38.1 Å². The monoisotopic (exact) mass is 244 g/mol. The van der Waals surface area contributed by atoms with Crippen LogP contribution in [0, 0.1) is 19.7 Å². The molecule has 0 atom stereocenters. The summed E-state index contributed by atoms with van der Waals surface area (Å²) in [6.45, 7) is 3.52. The Morgan fingerprint density at radius 3 is 2.61 bits per heavy atom. The first-order chi connectivity index (χ1) is 8.58. The minimum Gasteiger partial charge on any atom is -0.466 e. The van der Waals surface area contributed by atoms with Crippen LogP contribution in [0.25, 0.3) is 6.08 Å². The molecule has 0 saturated heterocycles. The second-order valence-corrected chi connectivity index (χ2v) is 4.05. The predicted molar refractivity (Wildman–Crippen MR) is 67.9 cm³/mol. The molecule has 0 aliphatic carbocycles. The van der Waals surface area contributed by atoms with Crippen LogP contribution >= 0.6 is 0 Å². The van der Waals surface area contributed by atoms with Crippen LogP contribution in [0.1, 0.15) is 27.4 Å². The van der Waals surface area contributed by atoms with Crippen molar-refractivity contribution < 1.29 is 13.6 Å². The second kappa shape index (κ2) is 5.00. The molecular weight excluding hydrogens is 231 g/mol. The molecule has 0 bridgehead atoms. The van der Waals surface area contributed by atoms with Gasteiger partial charge in [0.1, 0.15) is 17.3 Å². The smallest absolute Gasteiger partial charge is 0.189 e. The highest BCUT2D eigenvalue weighted by Gasteiger charge is 2.10. The lowest BCUT2D eigenvalue weighted by Gasteiger charge is -1.95. The second-order valence-electron chi connectivity index (χ2n) is 4.05. The normalized spacial score (nSPS) is 11.1. The lowest BCUT2D eigenvalue weighted by molar-refractivity contribution is 0.104. The summed E-state index contributed by atoms with van der Waals surface area (Å²) >= 11 is 0. The van der Waals surface area contributed by atoms with E-state index in [1.165, 1.54) is 18.2 Å². The minimum absolute atomic E-state index is 0.187. The number of carbonyl (C=O) groups excluding carboxylic acids is 1. The van der Waals surface area contributed by atoms with E-state index in [-0.39, 0.29) is 11.6 Å². The highest BCUT2D eigenvalue weighted by molar-refractivity contribution is 6.07. The minimum atomic E-state index is -0.346. The molecule has 1 aromatic carbocycles. The van der Waals surface area contributed by atoms with Gasteiger partial charge < -0.3 is 4.42 Å². The SMILES string of the molecule is Cc1cc(C(=O)/C=C/c2ccccc2F)c(C)o1. The van der Waals surface area contributed by atoms with Gasteiger partial charge in [0.25, 0.3) is 0 Å². The summed E-state index contributed by atoms with van der Waals surface area (Å²) in [7, 11) is 0. The predicted octanol–water partition coefficient (Wildman–Crippen LogP) is 3.93. The number of hydrogen-bond acceptors (Lipinski definition) is 2. The first-order valence-electron chi connectivity index (χ1n) is 5.62. The average Bonchev–Trinajstić information content (AvgIpc) is 2.67. The van der Waals surface area contributed by atoms with Crippen molar-refractivity contribution in [1.82, 2.24) is 0 Å². The van der Waals surface area contributed by atoms with Crippen LogP contribution in [-0.4, -0.2) is 5.78 Å². The van der Waals surface area contributed by atoms with Crippen molar-refractivity contribution in [3.8, 4) is 0 Å². The number of ketones is 1. The molecule has 2 aromatic rings. The van der Waals surface area contributed by atoms with Gasteiger partial charge in [0.2, 0.25) is 0 Å². The van der Waals surface area contributed by atoms with Crippen molar-refractivity contribution in [1.29, 1.82) is 0 Å². The molecule has 0 unspecified atom stereocenters. The first kappa shape index (κ1) is 12.3. The van der Waals surface area contributed by atoms with Crippen LogP contribution < -0.4 is 0 Å². The third-order valence-electron chi connectivity index (χ3n) is 2.63. The van der Waals surface area contributed by atoms with Gasteiger partial charge in [0.05, 0.1) is 5.56 Å². The molecule has 1 heterocycles. The Bertz CT molecular complexity index is 609. The first-order valence-corrected chi connectivity index (χ1v) is 5.62. The van der Waals surface area contributed by atoms with Crippen LogP contribution in [0.5, 0.6) is 0 Å². The fraction of sp³-hybridized carbons (Fsp3) is 0.133. The lowest BCUT2D eigenvalue weighted by atomic mass is 10.1. The molecule has 0 aliphatic rings. The number of carbonyl (C=O) groups is 1. The van der Waals surface area contributed by atoms with Crippen molar-refractivity contribution in [2.75, 3.05) is 0 Å². The number of hydrogen-bond donors (Lipinski definition) is 0. The molecule has 2 nitrogen and oxygen atoms in total. The van der Waals surface area contributed by atoms with Gasteiger partial charge in [-0.2, -0.15) is 0 Å². The Kier molecular flexibility index (Phi) is 3.42. The number of aryl methyl sites for hydroxylation is 2. The highest BCUT2D eigenvalue weighted by atomic mass is 19.1. The van der Waals surface area contributed by atoms with Crippen molar-refractivity contribution in [3.63, 3.8) is 0 Å². The average molecular weight is 244 g/mol. The van der Waals surface area contributed by atoms with E-state index in [4.69, 9.17) is 4.42 Å². The Hall–Kier alpha value is -2.16. The zero-order valence-electron chi connectivity index (χ0n) is 10.2. The summed E-state index contributed by atoms with van der Waals surface area (Å²) in [5.41, 5.74) is 0.906. The molecule has 3 heteroatoms. The number of rotatable bonds is 3. The topological polar surface area (TPSA) is 30.2 Å². The van der Waals surface area contributed by atoms with E-state index < -0.39 is 0 Å². The van der Waals surface area contributed by atoms with Crippen LogP contribution in [0.3, 0.4) is 0 Å². The highest BCUT2D eigenvalue weighted by Crippen LogP contribution is 2.16. The van der Waals surface area contributed by atoms with E-state index in [9.17, 15) is 9.18 Å². The molecule has 1 aromatic heterocycles. The molecule has 0 fully saturated rings. The Balaban J connectivity index is 2.22. The summed E-state index contributed by atoms with van der Waals surface area (Å²) in [6.07, 6.45) is 2.83. The van der Waals surface area contributed by atoms with Gasteiger partial charge in [0, 0.05) is 5.56 Å². The van der Waals surface area contributed by atoms with Gasteiger partial charge in [-0.1, -0.05) is 18.2 Å². The zero-order chi connectivity index (χ0) is 13.1. The standard InChI is InChI=1S/C15H13FO2/c1-10-9-13(11(2)18-10)15(17)8-7-12-5-3-4-6-14(12)16/h3-9H,1-2H3/b8-7+. The molecule has 18 heavy (non-hydrogen) atoms. The maximum Gasteiger partial charge on any atom is 0.189 e. The van der Waals surface area contributed by atoms with E-state index in [0.29, 0.717) is 22.6 Å². The van der Waals surface area contributed by atoms with Gasteiger partial charge >= 0.3 is 0 Å². The zero-order valence-corrected chi connectivity index (χ0v) is 10.2. The van der Waals surface area contributed by atoms with E-state index in [0.717, 1.165) is 0 Å². The third-order valence-corrected chi connectivity index (χ3v) is 2.63. The lowest BCUT2D eigenvalue weighted by Crippen LogP contribution is -1.94. The number of benzene rings is 1. The largest absolute Gasteiger partial charge is 0.466 e. The van der Waals surface area contributed by atoms with E-state index in [1.54, 1.807) is 38.1 Å². The molecule has 0 radical (unpaired) electrons. The summed E-state index contributed by atoms with van der Waals surface area (Å²) < 4.78 is 18.6. The van der Waals surface area contributed by atoms with Gasteiger partial charge in [-0.15, -0.1) is 0 Å². The molecule has 2 rings (SSSR count). The summed E-state index contributed by atoms with van der Waals surface area (Å²) in [5, 5.41) is 0. The number of halogens is 1. The Morgan fingerprint density at radius 1 is 1.28 bits per heavy atom. The van der Waals surface area contributed by atoms with Crippen molar-refractivity contribution in [3.05, 3.63) is 64.9 Å². The summed E-state index contributed by atoms with van der Waals surface area (Å²) in [6, 6.07) is 7.99. The van der Waals surface area contributed by atoms with Gasteiger partial charge in [-0.3, -0.25) is 4.79 Å². The maximum absolute atomic E-state index is 13.3. The fourth-order valence-corrected chi connectivity index (χ4v) is 1.74. The van der Waals surface area contributed by atoms with E-state index >= 15 is 0 Å². The maximum atomic E-state index is 13.3. The van der Waals surface area contributed by atoms with Crippen LogP contribution in [-0.2, 0) is 0 Å². The van der Waals surface area contributed by atoms with Crippen molar-refractivity contribution in [2.45, 2.75) is 13.8 Å². The van der Waals surface area contributed by atoms with Crippen LogP contribution in [0.15, 0.2) is 40.8 Å². The Morgan fingerprint density at radius 2 is 2.00 bits per heavy atom. The Labute approximate surface area is 105 Å². The molecule has 0 spiro atoms. The van der Waals surface area contributed by atoms with E-state index in [2.05, 4.69) is 0 Å². The molecule has 0 aliphatic heterocycles. The van der Waals surface area contributed by atoms with Gasteiger partial charge in [0.15, 0.2) is 5.78 Å². The van der Waals surface area contributed by atoms with Gasteiger partial charge in [-0.25, -0.2) is 4.39 Å². The third kappa shape index (κ3) is 2.56. The fourth-order valence-electron chi connectivity index (χ4n) is 1.74. The van der Waals surface area contributed by atoms with Crippen LogP contribution in [0.2, 0.25) is 0 Å².